The van der Waals surface area contributed by atoms with Gasteiger partial charge in [0.05, 0.1) is 28.2 Å². The van der Waals surface area contributed by atoms with Gasteiger partial charge >= 0.3 is 0 Å². The zero-order valence-corrected chi connectivity index (χ0v) is 12.8. The van der Waals surface area contributed by atoms with Crippen molar-refractivity contribution in [1.29, 1.82) is 0 Å². The summed E-state index contributed by atoms with van der Waals surface area (Å²) in [5.41, 5.74) is 2.61. The Kier molecular flexibility index (Phi) is 4.46. The number of carbonyl (C=O) groups excluding carboxylic acids is 1. The van der Waals surface area contributed by atoms with Crippen LogP contribution in [0.3, 0.4) is 0 Å². The Morgan fingerprint density at radius 3 is 2.90 bits per heavy atom. The van der Waals surface area contributed by atoms with E-state index in [1.807, 2.05) is 5.38 Å². The van der Waals surface area contributed by atoms with Gasteiger partial charge in [-0.1, -0.05) is 6.07 Å². The van der Waals surface area contributed by atoms with E-state index in [9.17, 15) is 14.9 Å². The summed E-state index contributed by atoms with van der Waals surface area (Å²) < 4.78 is 0.195. The Labute approximate surface area is 127 Å². The van der Waals surface area contributed by atoms with Crippen LogP contribution in [0.25, 0.3) is 0 Å². The smallest absolute Gasteiger partial charge is 0.284 e. The summed E-state index contributed by atoms with van der Waals surface area (Å²) in [5, 5.41) is 12.7. The van der Waals surface area contributed by atoms with Gasteiger partial charge < -0.3 is 4.90 Å². The molecule has 1 heterocycles. The summed E-state index contributed by atoms with van der Waals surface area (Å²) >= 11 is 4.58. The van der Waals surface area contributed by atoms with Gasteiger partial charge in [-0.05, 0) is 22.0 Å². The molecule has 0 spiro atoms. The highest BCUT2D eigenvalue weighted by Crippen LogP contribution is 2.29. The van der Waals surface area contributed by atoms with Crippen molar-refractivity contribution in [3.05, 3.63) is 54.9 Å². The zero-order valence-electron chi connectivity index (χ0n) is 10.4. The summed E-state index contributed by atoms with van der Waals surface area (Å²) in [6, 6.07) is 4.39. The molecule has 1 amide bonds. The van der Waals surface area contributed by atoms with Crippen LogP contribution in [0.15, 0.2) is 33.6 Å². The molecule has 2 rings (SSSR count). The molecule has 0 unspecified atom stereocenters. The quantitative estimate of drug-likeness (QED) is 0.623. The van der Waals surface area contributed by atoms with Crippen molar-refractivity contribution in [2.24, 2.45) is 0 Å². The second-order valence-corrected chi connectivity index (χ2v) is 5.55. The molecule has 1 aromatic carbocycles. The number of amides is 1. The van der Waals surface area contributed by atoms with E-state index in [2.05, 4.69) is 20.9 Å². The second kappa shape index (κ2) is 6.10. The molecule has 6 nitrogen and oxygen atoms in total. The van der Waals surface area contributed by atoms with Crippen LogP contribution in [0.1, 0.15) is 16.1 Å². The van der Waals surface area contributed by atoms with Crippen LogP contribution in [0.2, 0.25) is 0 Å². The highest BCUT2D eigenvalue weighted by Gasteiger charge is 2.22. The van der Waals surface area contributed by atoms with E-state index in [4.69, 9.17) is 0 Å². The predicted octanol–water partition coefficient (Wildman–Crippen LogP) is 3.09. The number of carbonyl (C=O) groups is 1. The maximum absolute atomic E-state index is 12.3. The number of nitro benzene ring substituents is 1. The van der Waals surface area contributed by atoms with E-state index >= 15 is 0 Å². The van der Waals surface area contributed by atoms with Gasteiger partial charge in [0, 0.05) is 18.5 Å². The summed E-state index contributed by atoms with van der Waals surface area (Å²) in [5.74, 6) is -0.298. The summed E-state index contributed by atoms with van der Waals surface area (Å²) in [7, 11) is 1.63. The molecule has 0 radical (unpaired) electrons. The fraction of sp³-hybridized carbons (Fsp3) is 0.167. The molecule has 0 aliphatic carbocycles. The maximum Gasteiger partial charge on any atom is 0.284 e. The lowest BCUT2D eigenvalue weighted by atomic mass is 10.2. The lowest BCUT2D eigenvalue weighted by molar-refractivity contribution is -0.385. The number of benzene rings is 1. The highest BCUT2D eigenvalue weighted by atomic mass is 79.9. The predicted molar refractivity (Wildman–Crippen MR) is 78.7 cm³/mol. The van der Waals surface area contributed by atoms with E-state index in [-0.39, 0.29) is 21.6 Å². The van der Waals surface area contributed by atoms with Crippen molar-refractivity contribution in [1.82, 2.24) is 9.88 Å². The van der Waals surface area contributed by atoms with Crippen molar-refractivity contribution in [3.8, 4) is 0 Å². The van der Waals surface area contributed by atoms with Crippen LogP contribution in [-0.4, -0.2) is 27.8 Å². The summed E-state index contributed by atoms with van der Waals surface area (Å²) in [6.07, 6.45) is 0. The molecule has 0 N–H and O–H groups in total. The molecular weight excluding hydrogens is 346 g/mol. The Morgan fingerprint density at radius 1 is 1.55 bits per heavy atom. The number of aromatic nitrogens is 1. The van der Waals surface area contributed by atoms with Crippen LogP contribution in [0, 0.1) is 10.1 Å². The van der Waals surface area contributed by atoms with Crippen molar-refractivity contribution < 1.29 is 9.72 Å². The van der Waals surface area contributed by atoms with Crippen molar-refractivity contribution in [2.45, 2.75) is 6.54 Å². The minimum atomic E-state index is -0.526. The fourth-order valence-electron chi connectivity index (χ4n) is 1.66. The molecule has 20 heavy (non-hydrogen) atoms. The molecule has 0 saturated carbocycles. The molecule has 0 atom stereocenters. The number of nitrogens with zero attached hydrogens (tertiary/aromatic N) is 3. The number of thiazole rings is 1. The molecule has 0 fully saturated rings. The minimum absolute atomic E-state index is 0.127. The van der Waals surface area contributed by atoms with Gasteiger partial charge in [0.2, 0.25) is 0 Å². The molecule has 0 aliphatic rings. The number of halogens is 1. The van der Waals surface area contributed by atoms with E-state index in [1.165, 1.54) is 28.4 Å². The second-order valence-electron chi connectivity index (χ2n) is 4.04. The third-order valence-electron chi connectivity index (χ3n) is 2.63. The number of hydrogen-bond acceptors (Lipinski definition) is 5. The maximum atomic E-state index is 12.3. The van der Waals surface area contributed by atoms with E-state index in [0.717, 1.165) is 5.69 Å². The lowest BCUT2D eigenvalue weighted by Gasteiger charge is -2.16. The average Bonchev–Trinajstić information content (AvgIpc) is 2.90. The lowest BCUT2D eigenvalue weighted by Crippen LogP contribution is -2.26. The Hall–Kier alpha value is -1.80. The normalized spacial score (nSPS) is 10.3. The Bertz CT molecular complexity index is 645. The first-order valence-electron chi connectivity index (χ1n) is 5.56. The van der Waals surface area contributed by atoms with Crippen LogP contribution in [0.5, 0.6) is 0 Å². The fourth-order valence-corrected chi connectivity index (χ4v) is 2.79. The van der Waals surface area contributed by atoms with Gasteiger partial charge in [-0.2, -0.15) is 0 Å². The van der Waals surface area contributed by atoms with Crippen molar-refractivity contribution >= 4 is 38.9 Å². The van der Waals surface area contributed by atoms with E-state index in [1.54, 1.807) is 18.6 Å². The largest absolute Gasteiger partial charge is 0.336 e. The molecule has 0 saturated heterocycles. The van der Waals surface area contributed by atoms with E-state index in [0.29, 0.717) is 6.54 Å². The van der Waals surface area contributed by atoms with Crippen LogP contribution < -0.4 is 0 Å². The van der Waals surface area contributed by atoms with Crippen LogP contribution >= 0.6 is 27.3 Å². The van der Waals surface area contributed by atoms with Gasteiger partial charge in [-0.15, -0.1) is 11.3 Å². The molecule has 104 valence electrons. The molecule has 0 aliphatic heterocycles. The molecule has 0 bridgehead atoms. The SMILES string of the molecule is CN(Cc1cscn1)C(=O)c1cccc([N+](=O)[O-])c1Br. The number of nitro groups is 1. The first-order chi connectivity index (χ1) is 9.50. The summed E-state index contributed by atoms with van der Waals surface area (Å²) in [6.45, 7) is 0.359. The molecule has 1 aromatic heterocycles. The first-order valence-corrected chi connectivity index (χ1v) is 7.29. The zero-order chi connectivity index (χ0) is 14.7. The average molecular weight is 356 g/mol. The van der Waals surface area contributed by atoms with Gasteiger partial charge in [0.15, 0.2) is 0 Å². The summed E-state index contributed by atoms with van der Waals surface area (Å²) in [4.78, 5) is 28.2. The molecular formula is C12H10BrN3O3S. The number of hydrogen-bond donors (Lipinski definition) is 0. The van der Waals surface area contributed by atoms with Crippen LogP contribution in [-0.2, 0) is 6.54 Å². The number of rotatable bonds is 4. The monoisotopic (exact) mass is 355 g/mol. The minimum Gasteiger partial charge on any atom is -0.336 e. The van der Waals surface area contributed by atoms with Gasteiger partial charge in [-0.3, -0.25) is 14.9 Å². The molecule has 8 heteroatoms. The topological polar surface area (TPSA) is 76.3 Å². The third-order valence-corrected chi connectivity index (χ3v) is 4.10. The van der Waals surface area contributed by atoms with E-state index < -0.39 is 4.92 Å². The van der Waals surface area contributed by atoms with Gasteiger partial charge in [-0.25, -0.2) is 4.98 Å². The Morgan fingerprint density at radius 2 is 2.30 bits per heavy atom. The highest BCUT2D eigenvalue weighted by molar-refractivity contribution is 9.10. The third kappa shape index (κ3) is 3.02. The first kappa shape index (κ1) is 14.6. The van der Waals surface area contributed by atoms with Crippen LogP contribution in [0.4, 0.5) is 5.69 Å². The van der Waals surface area contributed by atoms with Gasteiger partial charge in [0.1, 0.15) is 4.47 Å². The Balaban J connectivity index is 2.25. The van der Waals surface area contributed by atoms with Crippen molar-refractivity contribution in [3.63, 3.8) is 0 Å². The van der Waals surface area contributed by atoms with Crippen molar-refractivity contribution in [2.75, 3.05) is 7.05 Å². The standard InChI is InChI=1S/C12H10BrN3O3S/c1-15(5-8-6-20-7-14-8)12(17)9-3-2-4-10(11(9)13)16(18)19/h2-4,6-7H,5H2,1H3. The molecule has 2 aromatic rings. The van der Waals surface area contributed by atoms with Gasteiger partial charge in [0.25, 0.3) is 11.6 Å².